The Bertz CT molecular complexity index is 532. The molecular weight excluding hydrogens is 264 g/mol. The minimum absolute atomic E-state index is 0.171. The highest BCUT2D eigenvalue weighted by molar-refractivity contribution is 7.89. The van der Waals surface area contributed by atoms with Gasteiger partial charge in [-0.15, -0.1) is 0 Å². The van der Waals surface area contributed by atoms with Gasteiger partial charge in [0, 0.05) is 25.4 Å². The summed E-state index contributed by atoms with van der Waals surface area (Å²) in [7, 11) is -1.43. The molecule has 0 saturated carbocycles. The zero-order chi connectivity index (χ0) is 13.9. The number of nitrogen functional groups attached to an aromatic ring is 1. The van der Waals surface area contributed by atoms with Crippen LogP contribution in [0.15, 0.2) is 23.2 Å². The molecule has 1 aliphatic rings. The molecule has 1 aromatic rings. The van der Waals surface area contributed by atoms with Gasteiger partial charge in [-0.3, -0.25) is 0 Å². The van der Waals surface area contributed by atoms with E-state index in [9.17, 15) is 8.42 Å². The van der Waals surface area contributed by atoms with Crippen molar-refractivity contribution in [3.8, 4) is 0 Å². The molecule has 1 fully saturated rings. The molecule has 1 atom stereocenters. The Balaban J connectivity index is 1.98. The number of sulfonamides is 1. The standard InChI is InChI=1S/C12H20N4O2S/c1-16-6-2-3-10(9-16)8-15-19(17,18)11-4-5-14-12(13)7-11/h4-5,7,10,15H,2-3,6,8-9H2,1H3,(H2,13,14). The second-order valence-electron chi connectivity index (χ2n) is 5.04. The third-order valence-corrected chi connectivity index (χ3v) is 4.77. The smallest absolute Gasteiger partial charge is 0.240 e. The van der Waals surface area contributed by atoms with Crippen molar-refractivity contribution in [3.63, 3.8) is 0 Å². The summed E-state index contributed by atoms with van der Waals surface area (Å²) in [5, 5.41) is 0. The fraction of sp³-hybridized carbons (Fsp3) is 0.583. The van der Waals surface area contributed by atoms with Crippen LogP contribution in [0.25, 0.3) is 0 Å². The van der Waals surface area contributed by atoms with Crippen LogP contribution in [0.4, 0.5) is 5.82 Å². The number of likely N-dealkylation sites (tertiary alicyclic amines) is 1. The molecule has 0 spiro atoms. The van der Waals surface area contributed by atoms with Crippen LogP contribution in [0.1, 0.15) is 12.8 Å². The Morgan fingerprint density at radius 3 is 3.05 bits per heavy atom. The second-order valence-corrected chi connectivity index (χ2v) is 6.81. The van der Waals surface area contributed by atoms with Crippen LogP contribution < -0.4 is 10.5 Å². The summed E-state index contributed by atoms with van der Waals surface area (Å²) in [5.74, 6) is 0.577. The van der Waals surface area contributed by atoms with Crippen molar-refractivity contribution in [1.82, 2.24) is 14.6 Å². The quantitative estimate of drug-likeness (QED) is 0.829. The first kappa shape index (κ1) is 14.2. The van der Waals surface area contributed by atoms with Gasteiger partial charge in [-0.2, -0.15) is 0 Å². The van der Waals surface area contributed by atoms with Crippen LogP contribution in [-0.2, 0) is 10.0 Å². The molecule has 19 heavy (non-hydrogen) atoms. The normalized spacial score (nSPS) is 21.4. The molecule has 1 aliphatic heterocycles. The van der Waals surface area contributed by atoms with E-state index in [1.54, 1.807) is 0 Å². The Hall–Kier alpha value is -1.18. The van der Waals surface area contributed by atoms with Crippen molar-refractivity contribution in [2.24, 2.45) is 5.92 Å². The lowest BCUT2D eigenvalue weighted by atomic mass is 9.99. The van der Waals surface area contributed by atoms with Gasteiger partial charge < -0.3 is 10.6 Å². The van der Waals surface area contributed by atoms with Crippen molar-refractivity contribution in [2.45, 2.75) is 17.7 Å². The Labute approximate surface area is 114 Å². The van der Waals surface area contributed by atoms with Gasteiger partial charge in [-0.05, 0) is 38.4 Å². The minimum Gasteiger partial charge on any atom is -0.384 e. The number of nitrogens with one attached hydrogen (secondary N) is 1. The molecule has 1 aromatic heterocycles. The van der Waals surface area contributed by atoms with E-state index >= 15 is 0 Å². The summed E-state index contributed by atoms with van der Waals surface area (Å²) >= 11 is 0. The number of hydrogen-bond acceptors (Lipinski definition) is 5. The summed E-state index contributed by atoms with van der Waals surface area (Å²) in [6, 6.07) is 2.82. The van der Waals surface area contributed by atoms with Crippen molar-refractivity contribution < 1.29 is 8.42 Å². The van der Waals surface area contributed by atoms with Gasteiger partial charge in [0.1, 0.15) is 5.82 Å². The van der Waals surface area contributed by atoms with Crippen LogP contribution in [0.5, 0.6) is 0 Å². The third-order valence-electron chi connectivity index (χ3n) is 3.35. The lowest BCUT2D eigenvalue weighted by molar-refractivity contribution is 0.211. The SMILES string of the molecule is CN1CCCC(CNS(=O)(=O)c2ccnc(N)c2)C1. The van der Waals surface area contributed by atoms with E-state index in [1.165, 1.54) is 18.3 Å². The second kappa shape index (κ2) is 5.85. The molecule has 1 unspecified atom stereocenters. The molecule has 3 N–H and O–H groups in total. The van der Waals surface area contributed by atoms with Gasteiger partial charge in [-0.25, -0.2) is 18.1 Å². The first-order chi connectivity index (χ1) is 8.97. The monoisotopic (exact) mass is 284 g/mol. The Morgan fingerprint density at radius 2 is 2.37 bits per heavy atom. The van der Waals surface area contributed by atoms with E-state index in [1.807, 2.05) is 0 Å². The minimum atomic E-state index is -3.49. The summed E-state index contributed by atoms with van der Waals surface area (Å²) < 4.78 is 26.9. The average molecular weight is 284 g/mol. The maximum Gasteiger partial charge on any atom is 0.240 e. The summed E-state index contributed by atoms with van der Waals surface area (Å²) in [4.78, 5) is 6.19. The Morgan fingerprint density at radius 1 is 1.58 bits per heavy atom. The highest BCUT2D eigenvalue weighted by Gasteiger charge is 2.20. The summed E-state index contributed by atoms with van der Waals surface area (Å²) in [6.45, 7) is 2.49. The summed E-state index contributed by atoms with van der Waals surface area (Å²) in [6.07, 6.45) is 3.58. The van der Waals surface area contributed by atoms with Crippen molar-refractivity contribution in [1.29, 1.82) is 0 Å². The van der Waals surface area contributed by atoms with Crippen molar-refractivity contribution in [3.05, 3.63) is 18.3 Å². The molecule has 0 radical (unpaired) electrons. The number of pyridine rings is 1. The lowest BCUT2D eigenvalue weighted by Gasteiger charge is -2.29. The first-order valence-electron chi connectivity index (χ1n) is 6.37. The number of aromatic nitrogens is 1. The maximum atomic E-state index is 12.1. The van der Waals surface area contributed by atoms with E-state index in [0.29, 0.717) is 12.5 Å². The number of rotatable bonds is 4. The van der Waals surface area contributed by atoms with Gasteiger partial charge >= 0.3 is 0 Å². The predicted molar refractivity (Wildman–Crippen MR) is 74.1 cm³/mol. The van der Waals surface area contributed by atoms with Crippen LogP contribution in [0.3, 0.4) is 0 Å². The summed E-state index contributed by atoms with van der Waals surface area (Å²) in [5.41, 5.74) is 5.50. The first-order valence-corrected chi connectivity index (χ1v) is 7.85. The van der Waals surface area contributed by atoms with E-state index in [4.69, 9.17) is 5.73 Å². The number of hydrogen-bond donors (Lipinski definition) is 2. The van der Waals surface area contributed by atoms with Crippen molar-refractivity contribution >= 4 is 15.8 Å². The number of nitrogens with two attached hydrogens (primary N) is 1. The topological polar surface area (TPSA) is 88.3 Å². The number of anilines is 1. The molecule has 0 aliphatic carbocycles. The van der Waals surface area contributed by atoms with Crippen LogP contribution in [-0.4, -0.2) is 45.0 Å². The van der Waals surface area contributed by atoms with Crippen LogP contribution in [0, 0.1) is 5.92 Å². The van der Waals surface area contributed by atoms with Gasteiger partial charge in [-0.1, -0.05) is 0 Å². The fourth-order valence-corrected chi connectivity index (χ4v) is 3.48. The van der Waals surface area contributed by atoms with Crippen LogP contribution in [0.2, 0.25) is 0 Å². The molecule has 2 rings (SSSR count). The molecule has 2 heterocycles. The van der Waals surface area contributed by atoms with Gasteiger partial charge in [0.05, 0.1) is 4.90 Å². The highest BCUT2D eigenvalue weighted by Crippen LogP contribution is 2.16. The third kappa shape index (κ3) is 3.89. The van der Waals surface area contributed by atoms with Gasteiger partial charge in [0.2, 0.25) is 10.0 Å². The van der Waals surface area contributed by atoms with E-state index in [-0.39, 0.29) is 10.7 Å². The highest BCUT2D eigenvalue weighted by atomic mass is 32.2. The molecule has 7 heteroatoms. The van der Waals surface area contributed by atoms with E-state index < -0.39 is 10.0 Å². The van der Waals surface area contributed by atoms with Crippen molar-refractivity contribution in [2.75, 3.05) is 32.4 Å². The zero-order valence-corrected chi connectivity index (χ0v) is 11.9. The predicted octanol–water partition coefficient (Wildman–Crippen LogP) is 0.284. The largest absolute Gasteiger partial charge is 0.384 e. The molecule has 1 saturated heterocycles. The maximum absolute atomic E-state index is 12.1. The average Bonchev–Trinajstić information content (AvgIpc) is 2.37. The molecule has 6 nitrogen and oxygen atoms in total. The lowest BCUT2D eigenvalue weighted by Crippen LogP contribution is -2.39. The zero-order valence-electron chi connectivity index (χ0n) is 11.0. The van der Waals surface area contributed by atoms with E-state index in [2.05, 4.69) is 21.7 Å². The number of piperidine rings is 1. The molecule has 0 amide bonds. The molecule has 106 valence electrons. The molecular formula is C12H20N4O2S. The number of nitrogens with zero attached hydrogens (tertiary/aromatic N) is 2. The van der Waals surface area contributed by atoms with E-state index in [0.717, 1.165) is 25.9 Å². The molecule has 0 aromatic carbocycles. The Kier molecular flexibility index (Phi) is 4.38. The van der Waals surface area contributed by atoms with Crippen LogP contribution >= 0.6 is 0 Å². The molecule has 0 bridgehead atoms. The fourth-order valence-electron chi connectivity index (χ4n) is 2.35. The van der Waals surface area contributed by atoms with Gasteiger partial charge in [0.15, 0.2) is 0 Å². The van der Waals surface area contributed by atoms with Gasteiger partial charge in [0.25, 0.3) is 0 Å².